The van der Waals surface area contributed by atoms with Gasteiger partial charge in [-0.05, 0) is 96.3 Å². The fourth-order valence-corrected chi connectivity index (χ4v) is 8.74. The summed E-state index contributed by atoms with van der Waals surface area (Å²) in [7, 11) is 0. The van der Waals surface area contributed by atoms with Gasteiger partial charge in [0.05, 0.1) is 0 Å². The number of esters is 3. The van der Waals surface area contributed by atoms with E-state index >= 15 is 0 Å². The van der Waals surface area contributed by atoms with E-state index < -0.39 is 6.10 Å². The Kier molecular flexibility index (Phi) is 58.3. The number of ether oxygens (including phenoxy) is 3. The topological polar surface area (TPSA) is 78.9 Å². The predicted molar refractivity (Wildman–Crippen MR) is 316 cm³/mol. The third kappa shape index (κ3) is 59.3. The number of hydrogen-bond donors (Lipinski definition) is 0. The molecule has 0 saturated heterocycles. The van der Waals surface area contributed by atoms with E-state index in [2.05, 4.69) is 106 Å². The van der Waals surface area contributed by atoms with Crippen molar-refractivity contribution in [2.45, 2.75) is 309 Å². The van der Waals surface area contributed by atoms with E-state index in [0.717, 1.165) is 103 Å². The van der Waals surface area contributed by atoms with Crippen molar-refractivity contribution in [2.75, 3.05) is 13.2 Å². The lowest BCUT2D eigenvalue weighted by Gasteiger charge is -2.18. The molecule has 0 amide bonds. The van der Waals surface area contributed by atoms with E-state index in [1.54, 1.807) is 0 Å². The number of allylic oxidation sites excluding steroid dienone is 14. The Labute approximate surface area is 452 Å². The molecule has 0 N–H and O–H groups in total. The first-order chi connectivity index (χ1) is 36.0. The molecule has 6 nitrogen and oxygen atoms in total. The number of hydrogen-bond acceptors (Lipinski definition) is 6. The molecular weight excluding hydrogens is 901 g/mol. The number of carbonyl (C=O) groups is 3. The highest BCUT2D eigenvalue weighted by Gasteiger charge is 2.19. The summed E-state index contributed by atoms with van der Waals surface area (Å²) in [6.07, 6.45) is 80.1. The highest BCUT2D eigenvalue weighted by molar-refractivity contribution is 5.71. The zero-order chi connectivity index (χ0) is 52.9. The highest BCUT2D eigenvalue weighted by atomic mass is 16.6. The zero-order valence-corrected chi connectivity index (χ0v) is 48.1. The lowest BCUT2D eigenvalue weighted by Crippen LogP contribution is -2.30. The zero-order valence-electron chi connectivity index (χ0n) is 48.1. The van der Waals surface area contributed by atoms with Crippen LogP contribution in [0.2, 0.25) is 0 Å². The summed E-state index contributed by atoms with van der Waals surface area (Å²) in [5.74, 6) is -0.883. The van der Waals surface area contributed by atoms with Crippen molar-refractivity contribution in [3.05, 3.63) is 85.1 Å². The third-order valence-corrected chi connectivity index (χ3v) is 13.4. The van der Waals surface area contributed by atoms with Crippen molar-refractivity contribution in [3.8, 4) is 0 Å². The van der Waals surface area contributed by atoms with Crippen LogP contribution >= 0.6 is 0 Å². The summed E-state index contributed by atoms with van der Waals surface area (Å²) in [5, 5.41) is 0. The standard InChI is InChI=1S/C67H116O6/c1-4-7-10-13-16-19-22-24-26-28-30-31-32-33-34-35-36-37-38-40-41-43-45-48-51-54-57-60-66(69)72-63-64(62-71-65(68)59-56-53-50-47-21-18-15-12-9-6-3)73-67(70)61-58-55-52-49-46-44-42-39-29-27-25-23-20-17-14-11-8-5-2/h7,10,16,19,24,26-27,29-31,33-34,36-37,64H,4-6,8-9,11-15,17-18,20-23,25,28,32,35,38-63H2,1-3H3/b10-7-,19-16-,26-24-,29-27-,31-30-,34-33-,37-36-. The van der Waals surface area contributed by atoms with Crippen molar-refractivity contribution < 1.29 is 28.6 Å². The SMILES string of the molecule is CC/C=C\C/C=C\C/C=C\C/C=C\C/C=C\C/C=C\CCCCCCCCCCC(=O)OCC(COC(=O)CCCCCCCCCCCC)OC(=O)CCCCCCCCC/C=C\CCCCCCCCC. The highest BCUT2D eigenvalue weighted by Crippen LogP contribution is 2.16. The molecule has 73 heavy (non-hydrogen) atoms. The molecule has 0 fully saturated rings. The predicted octanol–water partition coefficient (Wildman–Crippen LogP) is 21.1. The van der Waals surface area contributed by atoms with Crippen molar-refractivity contribution in [1.82, 2.24) is 0 Å². The largest absolute Gasteiger partial charge is 0.462 e. The molecule has 0 radical (unpaired) electrons. The molecule has 1 unspecified atom stereocenters. The summed E-state index contributed by atoms with van der Waals surface area (Å²) in [4.78, 5) is 38.2. The molecule has 0 aromatic rings. The Hall–Kier alpha value is -3.41. The molecule has 0 saturated carbocycles. The van der Waals surface area contributed by atoms with Gasteiger partial charge in [-0.25, -0.2) is 0 Å². The van der Waals surface area contributed by atoms with Crippen LogP contribution in [-0.4, -0.2) is 37.2 Å². The number of rotatable bonds is 56. The fourth-order valence-electron chi connectivity index (χ4n) is 8.74. The second-order valence-corrected chi connectivity index (χ2v) is 20.6. The van der Waals surface area contributed by atoms with E-state index in [-0.39, 0.29) is 31.1 Å². The molecule has 0 aliphatic heterocycles. The van der Waals surface area contributed by atoms with Gasteiger partial charge in [-0.2, -0.15) is 0 Å². The van der Waals surface area contributed by atoms with Gasteiger partial charge < -0.3 is 14.2 Å². The number of carbonyl (C=O) groups excluding carboxylic acids is 3. The second kappa shape index (κ2) is 61.1. The molecule has 0 aromatic heterocycles. The van der Waals surface area contributed by atoms with Crippen LogP contribution in [0.5, 0.6) is 0 Å². The Balaban J connectivity index is 4.27. The van der Waals surface area contributed by atoms with Gasteiger partial charge in [0.2, 0.25) is 0 Å². The Morgan fingerprint density at radius 1 is 0.288 bits per heavy atom. The van der Waals surface area contributed by atoms with Crippen LogP contribution < -0.4 is 0 Å². The molecule has 0 aromatic carbocycles. The molecule has 0 heterocycles. The minimum absolute atomic E-state index is 0.0781. The molecular formula is C67H116O6. The summed E-state index contributed by atoms with van der Waals surface area (Å²) in [5.41, 5.74) is 0. The molecule has 0 aliphatic rings. The van der Waals surface area contributed by atoms with Gasteiger partial charge in [0.25, 0.3) is 0 Å². The lowest BCUT2D eigenvalue weighted by molar-refractivity contribution is -0.167. The van der Waals surface area contributed by atoms with Gasteiger partial charge >= 0.3 is 17.9 Å². The second-order valence-electron chi connectivity index (χ2n) is 20.6. The molecule has 420 valence electrons. The van der Waals surface area contributed by atoms with Crippen LogP contribution in [0.3, 0.4) is 0 Å². The first-order valence-corrected chi connectivity index (χ1v) is 31.1. The molecule has 6 heteroatoms. The van der Waals surface area contributed by atoms with Crippen molar-refractivity contribution in [1.29, 1.82) is 0 Å². The number of unbranched alkanes of at least 4 members (excludes halogenated alkanes) is 31. The van der Waals surface area contributed by atoms with Gasteiger partial charge in [0.1, 0.15) is 13.2 Å². The molecule has 0 spiro atoms. The van der Waals surface area contributed by atoms with Gasteiger partial charge in [0.15, 0.2) is 6.10 Å². The van der Waals surface area contributed by atoms with Crippen LogP contribution in [0, 0.1) is 0 Å². The van der Waals surface area contributed by atoms with Crippen LogP contribution in [0.1, 0.15) is 303 Å². The van der Waals surface area contributed by atoms with E-state index in [9.17, 15) is 14.4 Å². The van der Waals surface area contributed by atoms with Gasteiger partial charge in [-0.15, -0.1) is 0 Å². The maximum atomic E-state index is 12.9. The summed E-state index contributed by atoms with van der Waals surface area (Å²) in [6.45, 7) is 6.53. The van der Waals surface area contributed by atoms with E-state index in [1.165, 1.54) is 161 Å². The van der Waals surface area contributed by atoms with Crippen molar-refractivity contribution in [2.24, 2.45) is 0 Å². The molecule has 0 aliphatic carbocycles. The van der Waals surface area contributed by atoms with Crippen LogP contribution in [0.4, 0.5) is 0 Å². The lowest BCUT2D eigenvalue weighted by atomic mass is 10.1. The van der Waals surface area contributed by atoms with E-state index in [1.807, 2.05) is 0 Å². The minimum atomic E-state index is -0.780. The Morgan fingerprint density at radius 2 is 0.534 bits per heavy atom. The molecule has 1 atom stereocenters. The first-order valence-electron chi connectivity index (χ1n) is 31.1. The Bertz CT molecular complexity index is 1400. The van der Waals surface area contributed by atoms with Crippen LogP contribution in [-0.2, 0) is 28.6 Å². The summed E-state index contributed by atoms with van der Waals surface area (Å²) >= 11 is 0. The molecule has 0 bridgehead atoms. The van der Waals surface area contributed by atoms with Crippen LogP contribution in [0.25, 0.3) is 0 Å². The average Bonchev–Trinajstić information content (AvgIpc) is 3.39. The van der Waals surface area contributed by atoms with Crippen molar-refractivity contribution >= 4 is 17.9 Å². The van der Waals surface area contributed by atoms with Crippen LogP contribution in [0.15, 0.2) is 85.1 Å². The Morgan fingerprint density at radius 3 is 0.849 bits per heavy atom. The maximum absolute atomic E-state index is 12.9. The molecule has 0 rings (SSSR count). The first kappa shape index (κ1) is 69.6. The monoisotopic (exact) mass is 1020 g/mol. The minimum Gasteiger partial charge on any atom is -0.462 e. The van der Waals surface area contributed by atoms with E-state index in [4.69, 9.17) is 14.2 Å². The smallest absolute Gasteiger partial charge is 0.306 e. The van der Waals surface area contributed by atoms with Gasteiger partial charge in [0, 0.05) is 19.3 Å². The quantitative estimate of drug-likeness (QED) is 0.0261. The summed E-state index contributed by atoms with van der Waals surface area (Å²) < 4.78 is 16.9. The average molecular weight is 1020 g/mol. The normalized spacial score (nSPS) is 12.6. The third-order valence-electron chi connectivity index (χ3n) is 13.4. The van der Waals surface area contributed by atoms with Gasteiger partial charge in [-0.3, -0.25) is 14.4 Å². The van der Waals surface area contributed by atoms with Gasteiger partial charge in [-0.1, -0.05) is 273 Å². The van der Waals surface area contributed by atoms with E-state index in [0.29, 0.717) is 19.3 Å². The fraction of sp³-hybridized carbons (Fsp3) is 0.746. The maximum Gasteiger partial charge on any atom is 0.306 e. The van der Waals surface area contributed by atoms with Crippen molar-refractivity contribution in [3.63, 3.8) is 0 Å². The summed E-state index contributed by atoms with van der Waals surface area (Å²) in [6, 6.07) is 0.